The number of aromatic amines is 1. The zero-order chi connectivity index (χ0) is 27.0. The van der Waals surface area contributed by atoms with E-state index in [1.807, 2.05) is 39.1 Å². The highest BCUT2D eigenvalue weighted by molar-refractivity contribution is 5.92. The van der Waals surface area contributed by atoms with Crippen molar-refractivity contribution >= 4 is 17.9 Å². The van der Waals surface area contributed by atoms with E-state index in [-0.39, 0.29) is 30.3 Å². The average Bonchev–Trinajstić information content (AvgIpc) is 3.34. The Balaban J connectivity index is 1.38. The minimum Gasteiger partial charge on any atom is -0.489 e. The number of nitrogens with one attached hydrogen (secondary N) is 1. The standard InChI is InChI=1S/C29H40N4O5/c1-18-9-10-22-24(33(18)28(35)36-5)12-11-21(25(22)37-20-7-6-8-20)23-17-30-26(31-23)19-13-15-32(16-14-19)27(34)38-29(2,3)4/h11-12,17-20H,6-10,13-16H2,1-5H3,(H,30,31)/t18-/m0/s1. The van der Waals surface area contributed by atoms with E-state index in [0.717, 1.165) is 72.6 Å². The molecule has 1 atom stereocenters. The molecule has 2 fully saturated rings. The van der Waals surface area contributed by atoms with Crippen molar-refractivity contribution in [1.29, 1.82) is 0 Å². The van der Waals surface area contributed by atoms with Crippen LogP contribution >= 0.6 is 0 Å². The Bertz CT molecular complexity index is 1170. The molecule has 38 heavy (non-hydrogen) atoms. The van der Waals surface area contributed by atoms with E-state index in [1.54, 1.807) is 9.80 Å². The number of carbonyl (C=O) groups is 2. The normalized spacial score (nSPS) is 20.5. The zero-order valence-corrected chi connectivity index (χ0v) is 23.2. The summed E-state index contributed by atoms with van der Waals surface area (Å²) < 4.78 is 17.2. The van der Waals surface area contributed by atoms with Gasteiger partial charge in [0.25, 0.3) is 0 Å². The van der Waals surface area contributed by atoms with Crippen LogP contribution in [0.1, 0.15) is 83.5 Å². The molecule has 2 aromatic rings. The Kier molecular flexibility index (Phi) is 7.29. The summed E-state index contributed by atoms with van der Waals surface area (Å²) in [6, 6.07) is 4.09. The monoisotopic (exact) mass is 524 g/mol. The van der Waals surface area contributed by atoms with Crippen molar-refractivity contribution in [2.24, 2.45) is 0 Å². The van der Waals surface area contributed by atoms with E-state index in [4.69, 9.17) is 19.2 Å². The number of ether oxygens (including phenoxy) is 3. The molecule has 1 saturated heterocycles. The number of fused-ring (bicyclic) bond motifs is 1. The molecule has 1 saturated carbocycles. The number of imidazole rings is 1. The number of amides is 2. The lowest BCUT2D eigenvalue weighted by Gasteiger charge is -2.36. The second-order valence-corrected chi connectivity index (χ2v) is 11.8. The topological polar surface area (TPSA) is 97.0 Å². The van der Waals surface area contributed by atoms with Gasteiger partial charge in [0.05, 0.1) is 30.8 Å². The van der Waals surface area contributed by atoms with Crippen LogP contribution in [0.5, 0.6) is 5.75 Å². The molecule has 0 unspecified atom stereocenters. The lowest BCUT2D eigenvalue weighted by Crippen LogP contribution is -2.42. The van der Waals surface area contributed by atoms with Crippen LogP contribution in [0.2, 0.25) is 0 Å². The van der Waals surface area contributed by atoms with Crippen molar-refractivity contribution in [3.8, 4) is 17.0 Å². The molecule has 1 aromatic carbocycles. The fraction of sp³-hybridized carbons (Fsp3) is 0.621. The molecular formula is C29H40N4O5. The minimum absolute atomic E-state index is 0.0580. The van der Waals surface area contributed by atoms with Crippen LogP contribution in [0, 0.1) is 0 Å². The van der Waals surface area contributed by atoms with Crippen molar-refractivity contribution in [2.75, 3.05) is 25.1 Å². The van der Waals surface area contributed by atoms with Crippen molar-refractivity contribution in [2.45, 2.75) is 96.3 Å². The van der Waals surface area contributed by atoms with Crippen molar-refractivity contribution in [3.05, 3.63) is 29.7 Å². The predicted molar refractivity (Wildman–Crippen MR) is 145 cm³/mol. The first kappa shape index (κ1) is 26.4. The first-order valence-corrected chi connectivity index (χ1v) is 13.9. The summed E-state index contributed by atoms with van der Waals surface area (Å²) in [5.41, 5.74) is 3.31. The maximum absolute atomic E-state index is 12.6. The molecular weight excluding hydrogens is 484 g/mol. The van der Waals surface area contributed by atoms with E-state index >= 15 is 0 Å². The Morgan fingerprint density at radius 3 is 2.42 bits per heavy atom. The van der Waals surface area contributed by atoms with Gasteiger partial charge in [-0.3, -0.25) is 4.90 Å². The Hall–Kier alpha value is -3.23. The molecule has 2 amide bonds. The van der Waals surface area contributed by atoms with Gasteiger partial charge >= 0.3 is 12.2 Å². The quantitative estimate of drug-likeness (QED) is 0.525. The summed E-state index contributed by atoms with van der Waals surface area (Å²) in [6.45, 7) is 9.01. The third-order valence-electron chi connectivity index (χ3n) is 7.88. The molecule has 0 bridgehead atoms. The van der Waals surface area contributed by atoms with E-state index < -0.39 is 5.60 Å². The number of anilines is 1. The van der Waals surface area contributed by atoms with Crippen molar-refractivity contribution in [3.63, 3.8) is 0 Å². The van der Waals surface area contributed by atoms with Crippen LogP contribution in [0.3, 0.4) is 0 Å². The molecule has 206 valence electrons. The van der Waals surface area contributed by atoms with Crippen LogP contribution in [0.15, 0.2) is 18.3 Å². The van der Waals surface area contributed by atoms with Gasteiger partial charge in [0.2, 0.25) is 0 Å². The summed E-state index contributed by atoms with van der Waals surface area (Å²) in [7, 11) is 1.42. The zero-order valence-electron chi connectivity index (χ0n) is 23.2. The van der Waals surface area contributed by atoms with Crippen LogP contribution in [0.4, 0.5) is 15.3 Å². The van der Waals surface area contributed by atoms with Gasteiger partial charge in [0, 0.05) is 36.2 Å². The number of H-pyrrole nitrogens is 1. The Morgan fingerprint density at radius 1 is 1.05 bits per heavy atom. The molecule has 9 nitrogen and oxygen atoms in total. The van der Waals surface area contributed by atoms with Crippen LogP contribution < -0.4 is 9.64 Å². The SMILES string of the molecule is COC(=O)N1c2ccc(-c3cnc(C4CCN(C(=O)OC(C)(C)C)CC4)[nH]3)c(OC3CCC3)c2CC[C@@H]1C. The van der Waals surface area contributed by atoms with Gasteiger partial charge in [0.1, 0.15) is 17.2 Å². The largest absolute Gasteiger partial charge is 0.489 e. The molecule has 0 spiro atoms. The molecule has 1 aromatic heterocycles. The highest BCUT2D eigenvalue weighted by Gasteiger charge is 2.34. The number of methoxy groups -OCH3 is 1. The molecule has 5 rings (SSSR count). The van der Waals surface area contributed by atoms with E-state index in [0.29, 0.717) is 13.1 Å². The first-order chi connectivity index (χ1) is 18.1. The fourth-order valence-corrected chi connectivity index (χ4v) is 5.53. The highest BCUT2D eigenvalue weighted by Crippen LogP contribution is 2.44. The molecule has 2 aliphatic heterocycles. The lowest BCUT2D eigenvalue weighted by molar-refractivity contribution is 0.0203. The molecule has 3 aliphatic rings. The average molecular weight is 525 g/mol. The number of hydrogen-bond donors (Lipinski definition) is 1. The number of piperidine rings is 1. The predicted octanol–water partition coefficient (Wildman–Crippen LogP) is 6.03. The minimum atomic E-state index is -0.496. The Labute approximate surface area is 224 Å². The number of carbonyl (C=O) groups excluding carboxylic acids is 2. The number of nitrogens with zero attached hydrogens (tertiary/aromatic N) is 3. The van der Waals surface area contributed by atoms with E-state index in [2.05, 4.69) is 11.9 Å². The highest BCUT2D eigenvalue weighted by atomic mass is 16.6. The molecule has 9 heteroatoms. The lowest BCUT2D eigenvalue weighted by atomic mass is 9.92. The summed E-state index contributed by atoms with van der Waals surface area (Å²) >= 11 is 0. The van der Waals surface area contributed by atoms with Crippen molar-refractivity contribution in [1.82, 2.24) is 14.9 Å². The summed E-state index contributed by atoms with van der Waals surface area (Å²) in [5, 5.41) is 0. The van der Waals surface area contributed by atoms with Gasteiger partial charge in [-0.15, -0.1) is 0 Å². The van der Waals surface area contributed by atoms with E-state index in [1.165, 1.54) is 13.5 Å². The summed E-state index contributed by atoms with van der Waals surface area (Å²) in [6.07, 6.45) is 8.09. The maximum Gasteiger partial charge on any atom is 0.414 e. The van der Waals surface area contributed by atoms with Gasteiger partial charge in [-0.2, -0.15) is 0 Å². The summed E-state index contributed by atoms with van der Waals surface area (Å²) in [4.78, 5) is 36.9. The number of benzene rings is 1. The van der Waals surface area contributed by atoms with Gasteiger partial charge in [-0.1, -0.05) is 0 Å². The maximum atomic E-state index is 12.6. The second-order valence-electron chi connectivity index (χ2n) is 11.8. The third-order valence-corrected chi connectivity index (χ3v) is 7.88. The van der Waals surface area contributed by atoms with Gasteiger partial charge in [-0.25, -0.2) is 14.6 Å². The molecule has 0 radical (unpaired) electrons. The van der Waals surface area contributed by atoms with E-state index in [9.17, 15) is 9.59 Å². The number of aromatic nitrogens is 2. The fourth-order valence-electron chi connectivity index (χ4n) is 5.53. The third kappa shape index (κ3) is 5.33. The number of likely N-dealkylation sites (tertiary alicyclic amines) is 1. The van der Waals surface area contributed by atoms with Crippen molar-refractivity contribution < 1.29 is 23.8 Å². The first-order valence-electron chi connectivity index (χ1n) is 13.9. The van der Waals surface area contributed by atoms with Gasteiger partial charge in [-0.05, 0) is 84.8 Å². The molecule has 1 aliphatic carbocycles. The molecule has 1 N–H and O–H groups in total. The molecule has 3 heterocycles. The van der Waals surface area contributed by atoms with Gasteiger partial charge in [0.15, 0.2) is 0 Å². The second kappa shape index (κ2) is 10.5. The van der Waals surface area contributed by atoms with Crippen LogP contribution in [-0.4, -0.2) is 65.0 Å². The smallest absolute Gasteiger partial charge is 0.414 e. The number of rotatable bonds is 4. The van der Waals surface area contributed by atoms with Gasteiger partial charge < -0.3 is 24.1 Å². The van der Waals surface area contributed by atoms with Crippen LogP contribution in [-0.2, 0) is 15.9 Å². The van der Waals surface area contributed by atoms with Crippen LogP contribution in [0.25, 0.3) is 11.3 Å². The summed E-state index contributed by atoms with van der Waals surface area (Å²) in [5.74, 6) is 2.02. The number of hydrogen-bond acceptors (Lipinski definition) is 6. The Morgan fingerprint density at radius 2 is 1.79 bits per heavy atom.